The lowest BCUT2D eigenvalue weighted by molar-refractivity contribution is -0.384. The summed E-state index contributed by atoms with van der Waals surface area (Å²) in [5.41, 5.74) is 2.31. The average Bonchev–Trinajstić information content (AvgIpc) is 2.74. The van der Waals surface area contributed by atoms with Crippen molar-refractivity contribution in [3.63, 3.8) is 0 Å². The number of nitro groups is 1. The lowest BCUT2D eigenvalue weighted by Gasteiger charge is -2.39. The molecule has 9 nitrogen and oxygen atoms in total. The van der Waals surface area contributed by atoms with Crippen LogP contribution in [-0.2, 0) is 21.4 Å². The molecule has 0 unspecified atom stereocenters. The van der Waals surface area contributed by atoms with E-state index in [1.807, 2.05) is 25.1 Å². The van der Waals surface area contributed by atoms with Gasteiger partial charge in [0.05, 0.1) is 15.5 Å². The van der Waals surface area contributed by atoms with Crippen molar-refractivity contribution in [2.45, 2.75) is 37.3 Å². The van der Waals surface area contributed by atoms with Crippen LogP contribution in [0.3, 0.4) is 0 Å². The molecule has 0 bridgehead atoms. The van der Waals surface area contributed by atoms with Gasteiger partial charge in [0.15, 0.2) is 0 Å². The van der Waals surface area contributed by atoms with Crippen molar-refractivity contribution in [2.75, 3.05) is 18.0 Å². The number of cyclic esters (lactones) is 1. The molecule has 164 valence electrons. The molecule has 0 radical (unpaired) electrons. The van der Waals surface area contributed by atoms with Crippen LogP contribution in [-0.4, -0.2) is 42.9 Å². The fraction of sp³-hybridized carbons (Fsp3) is 0.350. The Morgan fingerprint density at radius 3 is 2.55 bits per heavy atom. The fourth-order valence-corrected chi connectivity index (χ4v) is 5.68. The predicted molar refractivity (Wildman–Crippen MR) is 114 cm³/mol. The number of carbonyl (C=O) groups excluding carboxylic acids is 1. The summed E-state index contributed by atoms with van der Waals surface area (Å²) in [7, 11) is -3.93. The Kier molecular flexibility index (Phi) is 5.63. The second kappa shape index (κ2) is 8.10. The number of rotatable bonds is 4. The summed E-state index contributed by atoms with van der Waals surface area (Å²) in [5, 5.41) is 11.0. The summed E-state index contributed by atoms with van der Waals surface area (Å²) in [6, 6.07) is 9.03. The Labute approximate surface area is 184 Å². The highest BCUT2D eigenvalue weighted by atomic mass is 35.5. The van der Waals surface area contributed by atoms with Gasteiger partial charge in [0, 0.05) is 30.8 Å². The molecule has 2 heterocycles. The van der Waals surface area contributed by atoms with Gasteiger partial charge in [-0.05, 0) is 38.0 Å². The number of sulfonamides is 1. The molecule has 1 saturated heterocycles. The first-order valence-electron chi connectivity index (χ1n) is 9.68. The van der Waals surface area contributed by atoms with Crippen LogP contribution in [0, 0.1) is 17.0 Å². The Morgan fingerprint density at radius 2 is 1.87 bits per heavy atom. The van der Waals surface area contributed by atoms with Crippen molar-refractivity contribution in [1.29, 1.82) is 0 Å². The number of nitrogens with zero attached hydrogens (tertiary/aromatic N) is 3. The molecule has 0 aromatic heterocycles. The predicted octanol–water partition coefficient (Wildman–Crippen LogP) is 3.87. The third kappa shape index (κ3) is 3.98. The first-order chi connectivity index (χ1) is 14.7. The van der Waals surface area contributed by atoms with E-state index in [9.17, 15) is 23.3 Å². The highest BCUT2D eigenvalue weighted by Gasteiger charge is 2.37. The molecule has 2 aromatic carbocycles. The van der Waals surface area contributed by atoms with Gasteiger partial charge in [-0.1, -0.05) is 29.3 Å². The molecule has 31 heavy (non-hydrogen) atoms. The Morgan fingerprint density at radius 1 is 1.16 bits per heavy atom. The van der Waals surface area contributed by atoms with Crippen LogP contribution in [0.25, 0.3) is 0 Å². The number of anilines is 1. The van der Waals surface area contributed by atoms with Crippen LogP contribution < -0.4 is 4.90 Å². The minimum atomic E-state index is -3.93. The van der Waals surface area contributed by atoms with Crippen molar-refractivity contribution in [1.82, 2.24) is 4.31 Å². The molecule has 1 amide bonds. The van der Waals surface area contributed by atoms with E-state index in [1.54, 1.807) is 4.90 Å². The van der Waals surface area contributed by atoms with E-state index in [1.165, 1.54) is 16.4 Å². The molecule has 11 heteroatoms. The molecule has 0 atom stereocenters. The number of benzene rings is 2. The molecule has 2 aliphatic rings. The minimum Gasteiger partial charge on any atom is -0.444 e. The third-order valence-corrected chi connectivity index (χ3v) is 7.80. The number of hydrogen-bond acceptors (Lipinski definition) is 6. The smallest absolute Gasteiger partial charge is 0.414 e. The van der Waals surface area contributed by atoms with Crippen molar-refractivity contribution >= 4 is 39.1 Å². The zero-order valence-corrected chi connectivity index (χ0v) is 18.2. The van der Waals surface area contributed by atoms with E-state index in [0.717, 1.165) is 22.9 Å². The molecule has 0 N–H and O–H groups in total. The summed E-state index contributed by atoms with van der Waals surface area (Å²) in [4.78, 5) is 24.3. The summed E-state index contributed by atoms with van der Waals surface area (Å²) >= 11 is 5.80. The Balaban J connectivity index is 1.53. The maximum atomic E-state index is 13.0. The number of fused-ring (bicyclic) bond motifs is 1. The van der Waals surface area contributed by atoms with Gasteiger partial charge < -0.3 is 4.74 Å². The first kappa shape index (κ1) is 21.5. The second-order valence-corrected chi connectivity index (χ2v) is 9.91. The van der Waals surface area contributed by atoms with E-state index >= 15 is 0 Å². The van der Waals surface area contributed by atoms with Crippen molar-refractivity contribution in [3.05, 3.63) is 62.7 Å². The zero-order valence-electron chi connectivity index (χ0n) is 16.7. The van der Waals surface area contributed by atoms with Crippen molar-refractivity contribution < 1.29 is 22.9 Å². The van der Waals surface area contributed by atoms with Crippen molar-refractivity contribution in [3.8, 4) is 0 Å². The number of halogens is 1. The van der Waals surface area contributed by atoms with Crippen LogP contribution in [0.15, 0.2) is 41.3 Å². The number of aryl methyl sites for hydroxylation is 1. The van der Waals surface area contributed by atoms with E-state index in [2.05, 4.69) is 0 Å². The van der Waals surface area contributed by atoms with Gasteiger partial charge in [0.25, 0.3) is 5.69 Å². The third-order valence-electron chi connectivity index (χ3n) is 5.58. The summed E-state index contributed by atoms with van der Waals surface area (Å²) in [6.45, 7) is 2.53. The molecule has 1 fully saturated rings. The van der Waals surface area contributed by atoms with Gasteiger partial charge in [-0.15, -0.1) is 0 Å². The first-order valence-corrected chi connectivity index (χ1v) is 11.5. The van der Waals surface area contributed by atoms with Crippen LogP contribution in [0.5, 0.6) is 0 Å². The number of amides is 1. The lowest BCUT2D eigenvalue weighted by atomic mass is 10.0. The second-order valence-electron chi connectivity index (χ2n) is 7.56. The summed E-state index contributed by atoms with van der Waals surface area (Å²) in [6.07, 6.45) is 0.389. The van der Waals surface area contributed by atoms with Gasteiger partial charge in [-0.25, -0.2) is 13.2 Å². The Bertz CT molecular complexity index is 1160. The SMILES string of the molecule is Cc1ccc2c(c1)COC(=O)N2C1CCN(S(=O)(=O)c2ccc(Cl)c([N+](=O)[O-])c2)CC1. The lowest BCUT2D eigenvalue weighted by Crippen LogP contribution is -2.50. The maximum absolute atomic E-state index is 13.0. The molecule has 0 aliphatic carbocycles. The standard InChI is InChI=1S/C20H20ClN3O6S/c1-13-2-5-18-14(10-13)12-30-20(25)23(18)15-6-8-22(9-7-15)31(28,29)16-3-4-17(21)19(11-16)24(26)27/h2-5,10-11,15H,6-9,12H2,1H3. The van der Waals surface area contributed by atoms with Gasteiger partial charge in [-0.3, -0.25) is 15.0 Å². The van der Waals surface area contributed by atoms with E-state index < -0.39 is 26.7 Å². The molecule has 2 aromatic rings. The van der Waals surface area contributed by atoms with Crippen molar-refractivity contribution in [2.24, 2.45) is 0 Å². The number of ether oxygens (including phenoxy) is 1. The average molecular weight is 466 g/mol. The maximum Gasteiger partial charge on any atom is 0.414 e. The number of carbonyl (C=O) groups is 1. The quantitative estimate of drug-likeness (QED) is 0.500. The summed E-state index contributed by atoms with van der Waals surface area (Å²) in [5.74, 6) is 0. The van der Waals surface area contributed by atoms with Crippen LogP contribution in [0.2, 0.25) is 5.02 Å². The number of nitro benzene ring substituents is 1. The van der Waals surface area contributed by atoms with Gasteiger partial charge >= 0.3 is 6.09 Å². The minimum absolute atomic E-state index is 0.125. The fourth-order valence-electron chi connectivity index (χ4n) is 4.00. The van der Waals surface area contributed by atoms with Gasteiger partial charge in [0.2, 0.25) is 10.0 Å². The highest BCUT2D eigenvalue weighted by molar-refractivity contribution is 7.89. The number of hydrogen-bond donors (Lipinski definition) is 0. The molecule has 0 spiro atoms. The van der Waals surface area contributed by atoms with Crippen LogP contribution >= 0.6 is 11.6 Å². The molecular weight excluding hydrogens is 446 g/mol. The van der Waals surface area contributed by atoms with E-state index in [4.69, 9.17) is 16.3 Å². The molecule has 0 saturated carbocycles. The molecular formula is C20H20ClN3O6S. The number of piperidine rings is 1. The zero-order chi connectivity index (χ0) is 22.3. The van der Waals surface area contributed by atoms with Crippen LogP contribution in [0.4, 0.5) is 16.2 Å². The molecule has 2 aliphatic heterocycles. The Hall–Kier alpha value is -2.69. The van der Waals surface area contributed by atoms with E-state index in [0.29, 0.717) is 12.8 Å². The van der Waals surface area contributed by atoms with Gasteiger partial charge in [0.1, 0.15) is 11.6 Å². The van der Waals surface area contributed by atoms with Crippen LogP contribution in [0.1, 0.15) is 24.0 Å². The largest absolute Gasteiger partial charge is 0.444 e. The topological polar surface area (TPSA) is 110 Å². The molecule has 4 rings (SSSR count). The monoisotopic (exact) mass is 465 g/mol. The van der Waals surface area contributed by atoms with Gasteiger partial charge in [-0.2, -0.15) is 4.31 Å². The van der Waals surface area contributed by atoms with E-state index in [-0.39, 0.29) is 35.7 Å². The normalized spacial score (nSPS) is 17.9. The summed E-state index contributed by atoms with van der Waals surface area (Å²) < 4.78 is 32.6. The highest BCUT2D eigenvalue weighted by Crippen LogP contribution is 2.34.